The van der Waals surface area contributed by atoms with Gasteiger partial charge in [-0.15, -0.1) is 11.3 Å². The van der Waals surface area contributed by atoms with Crippen LogP contribution in [0.15, 0.2) is 64.9 Å². The van der Waals surface area contributed by atoms with Crippen LogP contribution in [0.4, 0.5) is 5.69 Å². The van der Waals surface area contributed by atoms with Crippen LogP contribution in [-0.4, -0.2) is 26.7 Å². The van der Waals surface area contributed by atoms with E-state index in [0.717, 1.165) is 4.88 Å². The van der Waals surface area contributed by atoms with Gasteiger partial charge in [-0.05, 0) is 54.3 Å². The highest BCUT2D eigenvalue weighted by Crippen LogP contribution is 2.40. The Hall–Kier alpha value is -2.88. The topological polar surface area (TPSA) is 93.7 Å². The molecule has 3 aromatic rings. The van der Waals surface area contributed by atoms with E-state index in [4.69, 9.17) is 9.47 Å². The Labute approximate surface area is 185 Å². The molecule has 0 aliphatic carbocycles. The highest BCUT2D eigenvalue weighted by Gasteiger charge is 2.31. The summed E-state index contributed by atoms with van der Waals surface area (Å²) in [7, 11) is -3.64. The Morgan fingerprint density at radius 3 is 2.48 bits per heavy atom. The number of anilines is 1. The second-order valence-electron chi connectivity index (χ2n) is 7.47. The van der Waals surface area contributed by atoms with Gasteiger partial charge in [0, 0.05) is 42.6 Å². The average molecular weight is 459 g/mol. The fourth-order valence-electron chi connectivity index (χ4n) is 3.14. The lowest BCUT2D eigenvalue weighted by Gasteiger charge is -2.16. The van der Waals surface area contributed by atoms with Crippen molar-refractivity contribution in [2.45, 2.75) is 31.0 Å². The van der Waals surface area contributed by atoms with Crippen molar-refractivity contribution in [3.63, 3.8) is 0 Å². The quantitative estimate of drug-likeness (QED) is 0.558. The summed E-state index contributed by atoms with van der Waals surface area (Å²) in [6.45, 7) is 3.92. The number of hydrogen-bond acceptors (Lipinski definition) is 6. The monoisotopic (exact) mass is 458 g/mol. The Morgan fingerprint density at radius 2 is 1.77 bits per heavy atom. The lowest BCUT2D eigenvalue weighted by Crippen LogP contribution is -2.29. The third-order valence-electron chi connectivity index (χ3n) is 4.58. The van der Waals surface area contributed by atoms with Gasteiger partial charge < -0.3 is 14.8 Å². The molecule has 1 aromatic heterocycles. The zero-order valence-electron chi connectivity index (χ0n) is 17.0. The fraction of sp³-hybridized carbons (Fsp3) is 0.227. The number of hydrogen-bond donors (Lipinski definition) is 2. The first-order valence-electron chi connectivity index (χ1n) is 9.67. The third kappa shape index (κ3) is 5.07. The van der Waals surface area contributed by atoms with Crippen molar-refractivity contribution in [2.24, 2.45) is 0 Å². The average Bonchev–Trinajstić information content (AvgIpc) is 3.33. The Kier molecular flexibility index (Phi) is 5.74. The Bertz CT molecular complexity index is 1190. The van der Waals surface area contributed by atoms with Gasteiger partial charge in [-0.3, -0.25) is 4.79 Å². The SMILES string of the molecule is CC1(C)Oc2ccc(NC(=O)c3ccc(S(=O)(=O)NCCc4cccs4)cc3)cc2O1. The number of amides is 1. The van der Waals surface area contributed by atoms with Gasteiger partial charge >= 0.3 is 0 Å². The Morgan fingerprint density at radius 1 is 1.03 bits per heavy atom. The van der Waals surface area contributed by atoms with Gasteiger partial charge in [0.25, 0.3) is 5.91 Å². The minimum absolute atomic E-state index is 0.112. The molecule has 4 rings (SSSR count). The van der Waals surface area contributed by atoms with Crippen LogP contribution in [-0.2, 0) is 16.4 Å². The highest BCUT2D eigenvalue weighted by molar-refractivity contribution is 7.89. The van der Waals surface area contributed by atoms with E-state index in [1.165, 1.54) is 24.3 Å². The molecule has 1 aliphatic rings. The summed E-state index contributed by atoms with van der Waals surface area (Å²) < 4.78 is 38.8. The molecule has 2 N–H and O–H groups in total. The molecule has 7 nitrogen and oxygen atoms in total. The highest BCUT2D eigenvalue weighted by atomic mass is 32.2. The molecule has 0 saturated carbocycles. The van der Waals surface area contributed by atoms with Crippen LogP contribution in [0.5, 0.6) is 11.5 Å². The van der Waals surface area contributed by atoms with Gasteiger partial charge in [0.1, 0.15) is 0 Å². The van der Waals surface area contributed by atoms with E-state index >= 15 is 0 Å². The first kappa shape index (κ1) is 21.4. The molecule has 1 amide bonds. The predicted molar refractivity (Wildman–Crippen MR) is 119 cm³/mol. The van der Waals surface area contributed by atoms with Gasteiger partial charge in [0.05, 0.1) is 4.90 Å². The number of benzene rings is 2. The first-order valence-corrected chi connectivity index (χ1v) is 12.0. The molecule has 9 heteroatoms. The van der Waals surface area contributed by atoms with Crippen molar-refractivity contribution >= 4 is 33.0 Å². The van der Waals surface area contributed by atoms with E-state index in [-0.39, 0.29) is 10.8 Å². The van der Waals surface area contributed by atoms with E-state index in [1.54, 1.807) is 43.4 Å². The second-order valence-corrected chi connectivity index (χ2v) is 10.3. The smallest absolute Gasteiger partial charge is 0.255 e. The summed E-state index contributed by atoms with van der Waals surface area (Å²) in [4.78, 5) is 13.8. The van der Waals surface area contributed by atoms with Gasteiger partial charge in [-0.2, -0.15) is 0 Å². The summed E-state index contributed by atoms with van der Waals surface area (Å²) in [5.74, 6) is 0.0686. The normalized spacial score (nSPS) is 14.4. The molecule has 0 spiro atoms. The van der Waals surface area contributed by atoms with Crippen LogP contribution in [0.25, 0.3) is 0 Å². The maximum Gasteiger partial charge on any atom is 0.255 e. The number of carbonyl (C=O) groups excluding carboxylic acids is 1. The molecule has 162 valence electrons. The lowest BCUT2D eigenvalue weighted by atomic mass is 10.2. The van der Waals surface area contributed by atoms with Crippen molar-refractivity contribution in [1.29, 1.82) is 0 Å². The number of rotatable bonds is 7. The van der Waals surface area contributed by atoms with Crippen LogP contribution >= 0.6 is 11.3 Å². The fourth-order valence-corrected chi connectivity index (χ4v) is 4.88. The molecular weight excluding hydrogens is 436 g/mol. The van der Waals surface area contributed by atoms with E-state index in [1.807, 2.05) is 17.5 Å². The third-order valence-corrected chi connectivity index (χ3v) is 7.00. The molecule has 0 saturated heterocycles. The zero-order valence-corrected chi connectivity index (χ0v) is 18.7. The predicted octanol–water partition coefficient (Wildman–Crippen LogP) is 4.03. The Balaban J connectivity index is 1.38. The van der Waals surface area contributed by atoms with Gasteiger partial charge in [0.15, 0.2) is 11.5 Å². The van der Waals surface area contributed by atoms with Crippen molar-refractivity contribution in [1.82, 2.24) is 4.72 Å². The summed E-state index contributed by atoms with van der Waals surface area (Å²) in [5.41, 5.74) is 0.896. The van der Waals surface area contributed by atoms with Gasteiger partial charge in [-0.1, -0.05) is 6.07 Å². The summed E-state index contributed by atoms with van der Waals surface area (Å²) in [5, 5.41) is 4.74. The molecule has 0 atom stereocenters. The van der Waals surface area contributed by atoms with Crippen molar-refractivity contribution in [3.05, 3.63) is 70.4 Å². The number of nitrogens with one attached hydrogen (secondary N) is 2. The number of thiophene rings is 1. The summed E-state index contributed by atoms with van der Waals surface area (Å²) in [6, 6.07) is 14.9. The molecule has 0 fully saturated rings. The van der Waals surface area contributed by atoms with Crippen LogP contribution < -0.4 is 19.5 Å². The van der Waals surface area contributed by atoms with Crippen LogP contribution in [0.2, 0.25) is 0 Å². The maximum atomic E-state index is 12.6. The largest absolute Gasteiger partial charge is 0.449 e. The van der Waals surface area contributed by atoms with Crippen LogP contribution in [0.1, 0.15) is 29.1 Å². The lowest BCUT2D eigenvalue weighted by molar-refractivity contribution is -0.0431. The molecule has 0 unspecified atom stereocenters. The minimum Gasteiger partial charge on any atom is -0.449 e. The minimum atomic E-state index is -3.64. The summed E-state index contributed by atoms with van der Waals surface area (Å²) >= 11 is 1.59. The van der Waals surface area contributed by atoms with E-state index in [9.17, 15) is 13.2 Å². The summed E-state index contributed by atoms with van der Waals surface area (Å²) in [6.07, 6.45) is 0.629. The molecule has 31 heavy (non-hydrogen) atoms. The van der Waals surface area contributed by atoms with Crippen LogP contribution in [0.3, 0.4) is 0 Å². The van der Waals surface area contributed by atoms with Gasteiger partial charge in [0.2, 0.25) is 15.8 Å². The molecule has 1 aliphatic heterocycles. The van der Waals surface area contributed by atoms with E-state index in [2.05, 4.69) is 10.0 Å². The van der Waals surface area contributed by atoms with Crippen molar-refractivity contribution in [2.75, 3.05) is 11.9 Å². The zero-order chi connectivity index (χ0) is 22.1. The number of fused-ring (bicyclic) bond motifs is 1. The number of carbonyl (C=O) groups is 1. The van der Waals surface area contributed by atoms with Gasteiger partial charge in [-0.25, -0.2) is 13.1 Å². The van der Waals surface area contributed by atoms with Crippen LogP contribution in [0, 0.1) is 0 Å². The van der Waals surface area contributed by atoms with E-state index in [0.29, 0.717) is 35.7 Å². The molecular formula is C22H22N2O5S2. The molecule has 0 radical (unpaired) electrons. The molecule has 2 heterocycles. The maximum absolute atomic E-state index is 12.6. The standard InChI is InChI=1S/C22H22N2O5S2/c1-22(2)28-19-10-7-16(14-20(19)29-22)24-21(25)15-5-8-18(9-6-15)31(26,27)23-12-11-17-4-3-13-30-17/h3-10,13-14,23H,11-12H2,1-2H3,(H,24,25). The molecule has 0 bridgehead atoms. The van der Waals surface area contributed by atoms with Crippen molar-refractivity contribution < 1.29 is 22.7 Å². The van der Waals surface area contributed by atoms with E-state index < -0.39 is 15.8 Å². The van der Waals surface area contributed by atoms with Crippen molar-refractivity contribution in [3.8, 4) is 11.5 Å². The molecule has 2 aromatic carbocycles. The second kappa shape index (κ2) is 8.33. The number of ether oxygens (including phenoxy) is 2. The number of sulfonamides is 1. The first-order chi connectivity index (χ1) is 14.7.